The first-order chi connectivity index (χ1) is 11.2. The fourth-order valence-electron chi connectivity index (χ4n) is 3.76. The molecule has 0 unspecified atom stereocenters. The number of aromatic nitrogens is 2. The maximum atomic E-state index is 12.2. The van der Waals surface area contributed by atoms with Crippen molar-refractivity contribution in [3.05, 3.63) is 17.6 Å². The highest BCUT2D eigenvalue weighted by Crippen LogP contribution is 2.29. The van der Waals surface area contributed by atoms with Gasteiger partial charge >= 0.3 is 0 Å². The van der Waals surface area contributed by atoms with Gasteiger partial charge in [0.15, 0.2) is 0 Å². The Labute approximate surface area is 137 Å². The number of hydrogen-bond acceptors (Lipinski definition) is 5. The van der Waals surface area contributed by atoms with E-state index in [0.29, 0.717) is 30.8 Å². The van der Waals surface area contributed by atoms with Crippen LogP contribution in [0, 0.1) is 12.8 Å². The Balaban J connectivity index is 1.55. The molecule has 2 aliphatic rings. The number of anilines is 1. The van der Waals surface area contributed by atoms with Crippen LogP contribution in [0.25, 0.3) is 0 Å². The van der Waals surface area contributed by atoms with Crippen LogP contribution in [-0.2, 0) is 11.2 Å². The predicted molar refractivity (Wildman–Crippen MR) is 90.1 cm³/mol. The minimum Gasteiger partial charge on any atom is -0.370 e. The molecule has 0 spiro atoms. The third-order valence-electron chi connectivity index (χ3n) is 4.87. The van der Waals surface area contributed by atoms with Crippen LogP contribution in [-0.4, -0.2) is 46.5 Å². The van der Waals surface area contributed by atoms with Crippen LogP contribution in [0.1, 0.15) is 43.6 Å². The van der Waals surface area contributed by atoms with Crippen molar-refractivity contribution in [1.82, 2.24) is 14.9 Å². The summed E-state index contributed by atoms with van der Waals surface area (Å²) in [5.41, 5.74) is 6.57. The lowest BCUT2D eigenvalue weighted by molar-refractivity contribution is -0.129. The molecule has 1 atom stereocenters. The van der Waals surface area contributed by atoms with Crippen LogP contribution in [0.15, 0.2) is 6.07 Å². The molecule has 6 heteroatoms. The summed E-state index contributed by atoms with van der Waals surface area (Å²) in [6, 6.07) is 2.45. The van der Waals surface area contributed by atoms with E-state index in [4.69, 9.17) is 5.73 Å². The summed E-state index contributed by atoms with van der Waals surface area (Å²) in [6.45, 7) is 4.15. The number of aryl methyl sites for hydroxylation is 1. The standard InChI is InChI=1S/C17H27N5O/c1-12-20-14(6-7-18)9-16(21-12)19-10-13-8-17(23)22(11-13)15-4-2-3-5-15/h9,13,15H,2-8,10-11,18H2,1H3,(H,19,20,21)/t13-/m1/s1. The molecule has 1 amide bonds. The monoisotopic (exact) mass is 317 g/mol. The van der Waals surface area contributed by atoms with E-state index in [1.165, 1.54) is 25.7 Å². The second kappa shape index (κ2) is 7.25. The van der Waals surface area contributed by atoms with Gasteiger partial charge in [-0.05, 0) is 26.3 Å². The van der Waals surface area contributed by atoms with Gasteiger partial charge in [0.05, 0.1) is 0 Å². The van der Waals surface area contributed by atoms with Gasteiger partial charge in [0.25, 0.3) is 0 Å². The SMILES string of the molecule is Cc1nc(CCN)cc(NC[C@H]2CC(=O)N(C3CCCC3)C2)n1. The second-order valence-electron chi connectivity index (χ2n) is 6.77. The third-order valence-corrected chi connectivity index (χ3v) is 4.87. The summed E-state index contributed by atoms with van der Waals surface area (Å²) in [4.78, 5) is 23.2. The lowest BCUT2D eigenvalue weighted by Crippen LogP contribution is -2.34. The zero-order valence-corrected chi connectivity index (χ0v) is 13.9. The molecule has 23 heavy (non-hydrogen) atoms. The van der Waals surface area contributed by atoms with Crippen molar-refractivity contribution in [2.24, 2.45) is 11.7 Å². The number of hydrogen-bond donors (Lipinski definition) is 2. The van der Waals surface area contributed by atoms with Gasteiger partial charge in [0, 0.05) is 49.7 Å². The first-order valence-corrected chi connectivity index (χ1v) is 8.73. The summed E-state index contributed by atoms with van der Waals surface area (Å²) in [5.74, 6) is 2.30. The van der Waals surface area contributed by atoms with E-state index < -0.39 is 0 Å². The molecule has 1 aliphatic carbocycles. The van der Waals surface area contributed by atoms with Crippen molar-refractivity contribution in [3.63, 3.8) is 0 Å². The van der Waals surface area contributed by atoms with Gasteiger partial charge in [0.2, 0.25) is 5.91 Å². The molecule has 0 radical (unpaired) electrons. The highest BCUT2D eigenvalue weighted by Gasteiger charge is 2.35. The van der Waals surface area contributed by atoms with Gasteiger partial charge in [-0.1, -0.05) is 12.8 Å². The summed E-state index contributed by atoms with van der Waals surface area (Å²) >= 11 is 0. The molecule has 1 saturated heterocycles. The molecule has 126 valence electrons. The van der Waals surface area contributed by atoms with Crippen LogP contribution in [0.2, 0.25) is 0 Å². The highest BCUT2D eigenvalue weighted by molar-refractivity contribution is 5.79. The Kier molecular flexibility index (Phi) is 5.10. The van der Waals surface area contributed by atoms with Crippen molar-refractivity contribution in [1.29, 1.82) is 0 Å². The van der Waals surface area contributed by atoms with Crippen LogP contribution < -0.4 is 11.1 Å². The Morgan fingerprint density at radius 3 is 2.87 bits per heavy atom. The molecule has 3 N–H and O–H groups in total. The average Bonchev–Trinajstić information content (AvgIpc) is 3.14. The molecule has 3 rings (SSSR count). The van der Waals surface area contributed by atoms with Gasteiger partial charge in [-0.3, -0.25) is 4.79 Å². The number of amides is 1. The quantitative estimate of drug-likeness (QED) is 0.830. The normalized spacial score (nSPS) is 22.1. The van der Waals surface area contributed by atoms with E-state index in [0.717, 1.165) is 36.8 Å². The van der Waals surface area contributed by atoms with Crippen molar-refractivity contribution >= 4 is 11.7 Å². The van der Waals surface area contributed by atoms with Gasteiger partial charge in [-0.25, -0.2) is 9.97 Å². The first kappa shape index (κ1) is 16.2. The van der Waals surface area contributed by atoms with E-state index in [-0.39, 0.29) is 0 Å². The van der Waals surface area contributed by atoms with Crippen molar-refractivity contribution in [2.75, 3.05) is 25.0 Å². The first-order valence-electron chi connectivity index (χ1n) is 8.73. The van der Waals surface area contributed by atoms with Gasteiger partial charge in [0.1, 0.15) is 11.6 Å². The Morgan fingerprint density at radius 1 is 1.35 bits per heavy atom. The third kappa shape index (κ3) is 3.99. The molecule has 1 aromatic rings. The van der Waals surface area contributed by atoms with Crippen molar-refractivity contribution < 1.29 is 4.79 Å². The zero-order chi connectivity index (χ0) is 16.2. The maximum Gasteiger partial charge on any atom is 0.223 e. The largest absolute Gasteiger partial charge is 0.370 e. The number of nitrogens with zero attached hydrogens (tertiary/aromatic N) is 3. The summed E-state index contributed by atoms with van der Waals surface area (Å²) in [7, 11) is 0. The second-order valence-corrected chi connectivity index (χ2v) is 6.77. The average molecular weight is 317 g/mol. The topological polar surface area (TPSA) is 84.1 Å². The van der Waals surface area contributed by atoms with Gasteiger partial charge in [-0.2, -0.15) is 0 Å². The minimum atomic E-state index is 0.325. The summed E-state index contributed by atoms with van der Waals surface area (Å²) in [6.07, 6.45) is 6.31. The van der Waals surface area contributed by atoms with Crippen LogP contribution >= 0.6 is 0 Å². The fraction of sp³-hybridized carbons (Fsp3) is 0.706. The Morgan fingerprint density at radius 2 is 2.13 bits per heavy atom. The molecule has 0 bridgehead atoms. The van der Waals surface area contributed by atoms with E-state index in [9.17, 15) is 4.79 Å². The molecular weight excluding hydrogens is 290 g/mol. The minimum absolute atomic E-state index is 0.325. The molecule has 1 aromatic heterocycles. The van der Waals surface area contributed by atoms with Gasteiger partial charge < -0.3 is 16.0 Å². The number of rotatable bonds is 6. The molecule has 1 saturated carbocycles. The van der Waals surface area contributed by atoms with Crippen LogP contribution in [0.5, 0.6) is 0 Å². The van der Waals surface area contributed by atoms with Crippen molar-refractivity contribution in [3.8, 4) is 0 Å². The molecular formula is C17H27N5O. The van der Waals surface area contributed by atoms with E-state index in [1.807, 2.05) is 13.0 Å². The van der Waals surface area contributed by atoms with E-state index in [1.54, 1.807) is 0 Å². The Bertz CT molecular complexity index is 556. The van der Waals surface area contributed by atoms with Crippen molar-refractivity contribution in [2.45, 2.75) is 51.5 Å². The highest BCUT2D eigenvalue weighted by atomic mass is 16.2. The molecule has 2 fully saturated rings. The zero-order valence-electron chi connectivity index (χ0n) is 13.9. The Hall–Kier alpha value is -1.69. The number of nitrogens with two attached hydrogens (primary N) is 1. The number of nitrogens with one attached hydrogen (secondary N) is 1. The number of carbonyl (C=O) groups is 1. The molecule has 6 nitrogen and oxygen atoms in total. The van der Waals surface area contributed by atoms with E-state index in [2.05, 4.69) is 20.2 Å². The summed E-state index contributed by atoms with van der Waals surface area (Å²) < 4.78 is 0. The maximum absolute atomic E-state index is 12.2. The van der Waals surface area contributed by atoms with Crippen LogP contribution in [0.3, 0.4) is 0 Å². The molecule has 2 heterocycles. The lowest BCUT2D eigenvalue weighted by atomic mass is 10.1. The smallest absolute Gasteiger partial charge is 0.223 e. The predicted octanol–water partition coefficient (Wildman–Crippen LogP) is 1.49. The summed E-state index contributed by atoms with van der Waals surface area (Å²) in [5, 5.41) is 3.39. The lowest BCUT2D eigenvalue weighted by Gasteiger charge is -2.24. The fourth-order valence-corrected chi connectivity index (χ4v) is 3.76. The molecule has 0 aromatic carbocycles. The molecule has 1 aliphatic heterocycles. The number of carbonyl (C=O) groups excluding carboxylic acids is 1. The van der Waals surface area contributed by atoms with Gasteiger partial charge in [-0.15, -0.1) is 0 Å². The van der Waals surface area contributed by atoms with E-state index >= 15 is 0 Å². The number of likely N-dealkylation sites (tertiary alicyclic amines) is 1. The van der Waals surface area contributed by atoms with Crippen LogP contribution in [0.4, 0.5) is 5.82 Å².